The fourth-order valence-corrected chi connectivity index (χ4v) is 3.32. The number of amidine groups is 1. The molecule has 1 aromatic heterocycles. The lowest BCUT2D eigenvalue weighted by Gasteiger charge is -2.39. The standard InChI is InChI=1S/C14H20N4O2/c1-9-5-6-16-14(12(9)13(15)17-19)18-7-8-20-11-4-2-3-10(11)18/h5-6,10-11,19H,2-4,7-8H2,1H3,(H2,15,17). The van der Waals surface area contributed by atoms with E-state index in [4.69, 9.17) is 15.7 Å². The van der Waals surface area contributed by atoms with Crippen molar-refractivity contribution in [2.75, 3.05) is 18.1 Å². The third-order valence-electron chi connectivity index (χ3n) is 4.26. The van der Waals surface area contributed by atoms with E-state index in [0.29, 0.717) is 12.6 Å². The van der Waals surface area contributed by atoms with Gasteiger partial charge in [0.15, 0.2) is 5.84 Å². The van der Waals surface area contributed by atoms with Crippen molar-refractivity contribution >= 4 is 11.7 Å². The molecule has 0 amide bonds. The molecule has 20 heavy (non-hydrogen) atoms. The van der Waals surface area contributed by atoms with Crippen molar-refractivity contribution in [2.24, 2.45) is 10.9 Å². The second kappa shape index (κ2) is 5.28. The molecule has 2 fully saturated rings. The SMILES string of the molecule is Cc1ccnc(N2CCOC3CCCC32)c1/C(N)=N/O. The van der Waals surface area contributed by atoms with Crippen LogP contribution in [0.2, 0.25) is 0 Å². The van der Waals surface area contributed by atoms with E-state index in [1.165, 1.54) is 6.42 Å². The zero-order valence-corrected chi connectivity index (χ0v) is 11.6. The Kier molecular flexibility index (Phi) is 3.48. The zero-order valence-electron chi connectivity index (χ0n) is 11.6. The van der Waals surface area contributed by atoms with Crippen molar-refractivity contribution in [1.82, 2.24) is 4.98 Å². The first-order valence-electron chi connectivity index (χ1n) is 7.04. The van der Waals surface area contributed by atoms with Crippen LogP contribution in [0.4, 0.5) is 5.82 Å². The van der Waals surface area contributed by atoms with Gasteiger partial charge in [0.1, 0.15) is 5.82 Å². The number of oxime groups is 1. The highest BCUT2D eigenvalue weighted by Gasteiger charge is 2.37. The number of aromatic nitrogens is 1. The number of ether oxygens (including phenoxy) is 1. The smallest absolute Gasteiger partial charge is 0.174 e. The van der Waals surface area contributed by atoms with Crippen molar-refractivity contribution in [1.29, 1.82) is 0 Å². The molecule has 1 aliphatic carbocycles. The molecule has 2 unspecified atom stereocenters. The Bertz CT molecular complexity index is 532. The van der Waals surface area contributed by atoms with Crippen LogP contribution in [0, 0.1) is 6.92 Å². The van der Waals surface area contributed by atoms with Crippen LogP contribution in [0.25, 0.3) is 0 Å². The molecule has 0 bridgehead atoms. The van der Waals surface area contributed by atoms with Crippen molar-refractivity contribution in [3.8, 4) is 0 Å². The van der Waals surface area contributed by atoms with Gasteiger partial charge in [0, 0.05) is 12.7 Å². The fraction of sp³-hybridized carbons (Fsp3) is 0.571. The molecule has 3 N–H and O–H groups in total. The highest BCUT2D eigenvalue weighted by atomic mass is 16.5. The summed E-state index contributed by atoms with van der Waals surface area (Å²) in [7, 11) is 0. The maximum atomic E-state index is 9.01. The van der Waals surface area contributed by atoms with Crippen LogP contribution in [-0.2, 0) is 4.74 Å². The number of anilines is 1. The normalized spacial score (nSPS) is 26.6. The molecule has 108 valence electrons. The summed E-state index contributed by atoms with van der Waals surface area (Å²) in [6.45, 7) is 3.45. The number of rotatable bonds is 2. The molecule has 3 rings (SSSR count). The van der Waals surface area contributed by atoms with Crippen LogP contribution in [-0.4, -0.2) is 41.3 Å². The Morgan fingerprint density at radius 2 is 2.40 bits per heavy atom. The third-order valence-corrected chi connectivity index (χ3v) is 4.26. The molecule has 2 aliphatic rings. The number of morpholine rings is 1. The highest BCUT2D eigenvalue weighted by Crippen LogP contribution is 2.34. The summed E-state index contributed by atoms with van der Waals surface area (Å²) in [5.74, 6) is 0.923. The Hall–Kier alpha value is -1.82. The van der Waals surface area contributed by atoms with Gasteiger partial charge < -0.3 is 20.6 Å². The van der Waals surface area contributed by atoms with E-state index in [-0.39, 0.29) is 11.9 Å². The molecule has 1 aliphatic heterocycles. The first kappa shape index (κ1) is 13.2. The lowest BCUT2D eigenvalue weighted by atomic mass is 10.1. The van der Waals surface area contributed by atoms with Crippen molar-refractivity contribution in [3.63, 3.8) is 0 Å². The summed E-state index contributed by atoms with van der Waals surface area (Å²) in [6, 6.07) is 2.23. The van der Waals surface area contributed by atoms with Crippen LogP contribution in [0.1, 0.15) is 30.4 Å². The van der Waals surface area contributed by atoms with Gasteiger partial charge in [-0.05, 0) is 37.8 Å². The van der Waals surface area contributed by atoms with Gasteiger partial charge in [-0.3, -0.25) is 0 Å². The van der Waals surface area contributed by atoms with Crippen molar-refractivity contribution in [2.45, 2.75) is 38.3 Å². The van der Waals surface area contributed by atoms with Crippen LogP contribution in [0.5, 0.6) is 0 Å². The van der Waals surface area contributed by atoms with Gasteiger partial charge in [0.2, 0.25) is 0 Å². The molecule has 0 radical (unpaired) electrons. The minimum Gasteiger partial charge on any atom is -0.409 e. The van der Waals surface area contributed by atoms with Gasteiger partial charge in [-0.25, -0.2) is 4.98 Å². The highest BCUT2D eigenvalue weighted by molar-refractivity contribution is 6.02. The van der Waals surface area contributed by atoms with Gasteiger partial charge in [-0.1, -0.05) is 5.16 Å². The number of hydrogen-bond donors (Lipinski definition) is 2. The molecule has 2 heterocycles. The van der Waals surface area contributed by atoms with E-state index in [1.54, 1.807) is 6.20 Å². The number of nitrogens with two attached hydrogens (primary N) is 1. The molecular formula is C14H20N4O2. The predicted octanol–water partition coefficient (Wildman–Crippen LogP) is 1.24. The lowest BCUT2D eigenvalue weighted by Crippen LogP contribution is -2.49. The second-order valence-corrected chi connectivity index (χ2v) is 5.41. The molecule has 0 aromatic carbocycles. The van der Waals surface area contributed by atoms with Crippen LogP contribution in [0.3, 0.4) is 0 Å². The fourth-order valence-electron chi connectivity index (χ4n) is 3.32. The molecule has 2 atom stereocenters. The van der Waals surface area contributed by atoms with Gasteiger partial charge in [0.05, 0.1) is 24.3 Å². The first-order valence-corrected chi connectivity index (χ1v) is 7.04. The van der Waals surface area contributed by atoms with E-state index < -0.39 is 0 Å². The number of nitrogens with zero attached hydrogens (tertiary/aromatic N) is 3. The van der Waals surface area contributed by atoms with E-state index in [0.717, 1.165) is 36.3 Å². The maximum Gasteiger partial charge on any atom is 0.174 e. The summed E-state index contributed by atoms with van der Waals surface area (Å²) in [5, 5.41) is 12.2. The molecule has 6 nitrogen and oxygen atoms in total. The van der Waals surface area contributed by atoms with E-state index in [2.05, 4.69) is 15.0 Å². The largest absolute Gasteiger partial charge is 0.409 e. The van der Waals surface area contributed by atoms with Crippen LogP contribution < -0.4 is 10.6 Å². The van der Waals surface area contributed by atoms with Crippen molar-refractivity contribution in [3.05, 3.63) is 23.4 Å². The number of pyridine rings is 1. The lowest BCUT2D eigenvalue weighted by molar-refractivity contribution is 0.0253. The third kappa shape index (κ3) is 2.10. The summed E-state index contributed by atoms with van der Waals surface area (Å²) in [6.07, 6.45) is 5.45. The van der Waals surface area contributed by atoms with Gasteiger partial charge in [-0.2, -0.15) is 0 Å². The predicted molar refractivity (Wildman–Crippen MR) is 76.2 cm³/mol. The van der Waals surface area contributed by atoms with Crippen molar-refractivity contribution < 1.29 is 9.94 Å². The van der Waals surface area contributed by atoms with Gasteiger partial charge in [0.25, 0.3) is 0 Å². The maximum absolute atomic E-state index is 9.01. The molecule has 1 aromatic rings. The topological polar surface area (TPSA) is 84.0 Å². The van der Waals surface area contributed by atoms with Gasteiger partial charge >= 0.3 is 0 Å². The number of aryl methyl sites for hydroxylation is 1. The second-order valence-electron chi connectivity index (χ2n) is 5.41. The average molecular weight is 276 g/mol. The summed E-state index contributed by atoms with van der Waals surface area (Å²) in [5.41, 5.74) is 7.53. The zero-order chi connectivity index (χ0) is 14.1. The summed E-state index contributed by atoms with van der Waals surface area (Å²) in [4.78, 5) is 6.76. The van der Waals surface area contributed by atoms with Gasteiger partial charge in [-0.15, -0.1) is 0 Å². The Labute approximate surface area is 118 Å². The van der Waals surface area contributed by atoms with E-state index >= 15 is 0 Å². The Morgan fingerprint density at radius 3 is 3.20 bits per heavy atom. The molecule has 1 saturated heterocycles. The minimum absolute atomic E-state index is 0.117. The molecule has 0 spiro atoms. The molecular weight excluding hydrogens is 256 g/mol. The first-order chi connectivity index (χ1) is 9.72. The molecule has 1 saturated carbocycles. The van der Waals surface area contributed by atoms with E-state index in [9.17, 15) is 0 Å². The molecule has 6 heteroatoms. The average Bonchev–Trinajstić information content (AvgIpc) is 2.94. The van der Waals surface area contributed by atoms with E-state index in [1.807, 2.05) is 13.0 Å². The Morgan fingerprint density at radius 1 is 1.55 bits per heavy atom. The number of fused-ring (bicyclic) bond motifs is 1. The quantitative estimate of drug-likeness (QED) is 0.367. The summed E-state index contributed by atoms with van der Waals surface area (Å²) < 4.78 is 5.83. The van der Waals surface area contributed by atoms with Crippen LogP contribution >= 0.6 is 0 Å². The summed E-state index contributed by atoms with van der Waals surface area (Å²) >= 11 is 0. The van der Waals surface area contributed by atoms with Crippen LogP contribution in [0.15, 0.2) is 17.4 Å². The monoisotopic (exact) mass is 276 g/mol. The number of hydrogen-bond acceptors (Lipinski definition) is 5. The minimum atomic E-state index is 0.117. The Balaban J connectivity index is 2.03.